The normalized spacial score (nSPS) is 14.3. The number of hydrogen-bond acceptors (Lipinski definition) is 6. The minimum Gasteiger partial charge on any atom is -0.353 e. The molecule has 0 atom stereocenters. The van der Waals surface area contributed by atoms with Gasteiger partial charge in [-0.25, -0.2) is 4.98 Å². The average Bonchev–Trinajstić information content (AvgIpc) is 2.68. The smallest absolute Gasteiger partial charge is 0.287 e. The summed E-state index contributed by atoms with van der Waals surface area (Å²) in [5, 5.41) is 10.7. The first kappa shape index (κ1) is 19.0. The maximum Gasteiger partial charge on any atom is 0.287 e. The molecule has 10 heteroatoms. The molecule has 2 aromatic rings. The maximum absolute atomic E-state index is 12.4. The molecule has 0 unspecified atom stereocenters. The van der Waals surface area contributed by atoms with E-state index in [0.29, 0.717) is 38.5 Å². The monoisotopic (exact) mass is 435 g/mol. The van der Waals surface area contributed by atoms with Crippen LogP contribution in [-0.2, 0) is 11.3 Å². The Morgan fingerprint density at radius 2 is 1.93 bits per heavy atom. The molecule has 1 amide bonds. The molecule has 0 saturated carbocycles. The summed E-state index contributed by atoms with van der Waals surface area (Å²) in [7, 11) is 0. The van der Waals surface area contributed by atoms with Crippen LogP contribution in [0.4, 0.5) is 11.5 Å². The summed E-state index contributed by atoms with van der Waals surface area (Å²) in [6, 6.07) is 6.18. The van der Waals surface area contributed by atoms with Gasteiger partial charge in [-0.15, -0.1) is 0 Å². The Bertz CT molecular complexity index is 891. The van der Waals surface area contributed by atoms with Crippen molar-refractivity contribution >= 4 is 33.3 Å². The van der Waals surface area contributed by atoms with Crippen molar-refractivity contribution in [3.63, 3.8) is 0 Å². The van der Waals surface area contributed by atoms with Crippen LogP contribution in [-0.4, -0.2) is 51.5 Å². The molecule has 0 spiro atoms. The Hall–Kier alpha value is -2.75. The zero-order valence-electron chi connectivity index (χ0n) is 14.5. The van der Waals surface area contributed by atoms with Crippen molar-refractivity contribution < 1.29 is 9.72 Å². The van der Waals surface area contributed by atoms with E-state index in [-0.39, 0.29) is 23.6 Å². The number of nitro groups is 1. The second-order valence-electron chi connectivity index (χ2n) is 6.13. The van der Waals surface area contributed by atoms with Gasteiger partial charge in [0.15, 0.2) is 0 Å². The summed E-state index contributed by atoms with van der Waals surface area (Å²) in [5.74, 6) is 0.659. The number of amides is 1. The lowest BCUT2D eigenvalue weighted by Gasteiger charge is -2.35. The molecule has 1 saturated heterocycles. The number of nitrogens with zero attached hydrogens (tertiary/aromatic N) is 5. The molecular weight excluding hydrogens is 418 g/mol. The van der Waals surface area contributed by atoms with E-state index in [0.717, 1.165) is 4.47 Å². The van der Waals surface area contributed by atoms with Gasteiger partial charge in [0.05, 0.1) is 4.92 Å². The van der Waals surface area contributed by atoms with Crippen LogP contribution in [0, 0.1) is 10.1 Å². The lowest BCUT2D eigenvalue weighted by atomic mass is 10.2. The Morgan fingerprint density at radius 1 is 1.19 bits per heavy atom. The fraction of sp³-hybridized carbons (Fsp3) is 0.353. The highest BCUT2D eigenvalue weighted by Crippen LogP contribution is 2.17. The van der Waals surface area contributed by atoms with Crippen molar-refractivity contribution in [3.05, 3.63) is 61.6 Å². The number of aromatic nitrogens is 2. The van der Waals surface area contributed by atoms with Gasteiger partial charge in [-0.2, -0.15) is 0 Å². The Balaban J connectivity index is 1.52. The number of anilines is 1. The molecule has 0 bridgehead atoms. The highest BCUT2D eigenvalue weighted by atomic mass is 79.9. The van der Waals surface area contributed by atoms with E-state index in [9.17, 15) is 19.7 Å². The number of aryl methyl sites for hydroxylation is 1. The van der Waals surface area contributed by atoms with Crippen molar-refractivity contribution in [2.75, 3.05) is 31.1 Å². The summed E-state index contributed by atoms with van der Waals surface area (Å²) < 4.78 is 2.30. The van der Waals surface area contributed by atoms with Gasteiger partial charge in [-0.05, 0) is 28.1 Å². The minimum atomic E-state index is -0.482. The Labute approximate surface area is 163 Å². The van der Waals surface area contributed by atoms with Gasteiger partial charge >= 0.3 is 0 Å². The van der Waals surface area contributed by atoms with Crippen LogP contribution in [0.1, 0.15) is 6.42 Å². The first-order valence-electron chi connectivity index (χ1n) is 8.43. The Morgan fingerprint density at radius 3 is 2.56 bits per heavy atom. The predicted molar refractivity (Wildman–Crippen MR) is 103 cm³/mol. The molecular formula is C17H18BrN5O4. The topological polar surface area (TPSA) is 102 Å². The highest BCUT2D eigenvalue weighted by Gasteiger charge is 2.22. The quantitative estimate of drug-likeness (QED) is 0.522. The minimum absolute atomic E-state index is 0.00168. The van der Waals surface area contributed by atoms with Crippen LogP contribution in [0.2, 0.25) is 0 Å². The first-order chi connectivity index (χ1) is 12.9. The molecule has 0 radical (unpaired) electrons. The van der Waals surface area contributed by atoms with Gasteiger partial charge in [0.25, 0.3) is 11.2 Å². The molecule has 2 aromatic heterocycles. The zero-order valence-corrected chi connectivity index (χ0v) is 16.0. The molecule has 1 aliphatic heterocycles. The summed E-state index contributed by atoms with van der Waals surface area (Å²) in [4.78, 5) is 42.3. The van der Waals surface area contributed by atoms with Gasteiger partial charge in [0.1, 0.15) is 12.0 Å². The third-order valence-corrected chi connectivity index (χ3v) is 4.88. The molecule has 1 aliphatic rings. The molecule has 0 aliphatic carbocycles. The van der Waals surface area contributed by atoms with E-state index in [1.54, 1.807) is 23.2 Å². The summed E-state index contributed by atoms with van der Waals surface area (Å²) in [6.45, 7) is 2.64. The summed E-state index contributed by atoms with van der Waals surface area (Å²) >= 11 is 3.32. The lowest BCUT2D eigenvalue weighted by molar-refractivity contribution is -0.385. The number of carbonyl (C=O) groups is 1. The van der Waals surface area contributed by atoms with Gasteiger partial charge in [-0.1, -0.05) is 0 Å². The number of piperazine rings is 1. The zero-order chi connectivity index (χ0) is 19.4. The number of carbonyl (C=O) groups excluding carboxylic acids is 1. The van der Waals surface area contributed by atoms with Crippen molar-refractivity contribution in [1.82, 2.24) is 14.5 Å². The van der Waals surface area contributed by atoms with Crippen LogP contribution in [0.5, 0.6) is 0 Å². The summed E-state index contributed by atoms with van der Waals surface area (Å²) in [5.41, 5.74) is -0.185. The summed E-state index contributed by atoms with van der Waals surface area (Å²) in [6.07, 6.45) is 3.17. The molecule has 3 heterocycles. The second-order valence-corrected chi connectivity index (χ2v) is 7.04. The first-order valence-corrected chi connectivity index (χ1v) is 9.22. The standard InChI is InChI=1S/C17H18BrN5O4/c18-13-1-4-16(24)22(12-13)6-5-17(25)21-9-7-20(8-10-21)15-3-2-14(11-19-15)23(26)27/h1-4,11-12H,5-10H2. The predicted octanol–water partition coefficient (Wildman–Crippen LogP) is 1.65. The van der Waals surface area contributed by atoms with E-state index in [2.05, 4.69) is 20.9 Å². The SMILES string of the molecule is O=C(CCn1cc(Br)ccc1=O)N1CCN(c2ccc([N+](=O)[O-])cn2)CC1. The fourth-order valence-electron chi connectivity index (χ4n) is 2.91. The van der Waals surface area contributed by atoms with Crippen LogP contribution in [0.3, 0.4) is 0 Å². The van der Waals surface area contributed by atoms with Gasteiger partial charge in [0, 0.05) is 61.9 Å². The third-order valence-electron chi connectivity index (χ3n) is 4.41. The average molecular weight is 436 g/mol. The van der Waals surface area contributed by atoms with Crippen molar-refractivity contribution in [2.45, 2.75) is 13.0 Å². The van der Waals surface area contributed by atoms with Crippen molar-refractivity contribution in [2.24, 2.45) is 0 Å². The van der Waals surface area contributed by atoms with Gasteiger partial charge in [-0.3, -0.25) is 19.7 Å². The molecule has 27 heavy (non-hydrogen) atoms. The number of halogens is 1. The number of hydrogen-bond donors (Lipinski definition) is 0. The van der Waals surface area contributed by atoms with E-state index in [1.807, 2.05) is 4.90 Å². The molecule has 9 nitrogen and oxygen atoms in total. The maximum atomic E-state index is 12.4. The third kappa shape index (κ3) is 4.70. The highest BCUT2D eigenvalue weighted by molar-refractivity contribution is 9.10. The van der Waals surface area contributed by atoms with E-state index in [1.165, 1.54) is 22.9 Å². The van der Waals surface area contributed by atoms with Gasteiger partial charge in [0.2, 0.25) is 5.91 Å². The van der Waals surface area contributed by atoms with Crippen molar-refractivity contribution in [1.29, 1.82) is 0 Å². The van der Waals surface area contributed by atoms with Crippen LogP contribution < -0.4 is 10.5 Å². The van der Waals surface area contributed by atoms with Crippen LogP contribution >= 0.6 is 15.9 Å². The van der Waals surface area contributed by atoms with E-state index < -0.39 is 4.92 Å². The molecule has 0 aromatic carbocycles. The molecule has 1 fully saturated rings. The second kappa shape index (κ2) is 8.30. The fourth-order valence-corrected chi connectivity index (χ4v) is 3.29. The largest absolute Gasteiger partial charge is 0.353 e. The molecule has 3 rings (SSSR count). The van der Waals surface area contributed by atoms with Crippen molar-refractivity contribution in [3.8, 4) is 0 Å². The Kier molecular flexibility index (Phi) is 5.84. The molecule has 142 valence electrons. The van der Waals surface area contributed by atoms with Crippen LogP contribution in [0.25, 0.3) is 0 Å². The lowest BCUT2D eigenvalue weighted by Crippen LogP contribution is -2.49. The number of rotatable bonds is 5. The molecule has 0 N–H and O–H groups in total. The van der Waals surface area contributed by atoms with E-state index in [4.69, 9.17) is 0 Å². The number of pyridine rings is 2. The van der Waals surface area contributed by atoms with E-state index >= 15 is 0 Å². The van der Waals surface area contributed by atoms with Gasteiger partial charge < -0.3 is 14.4 Å². The van der Waals surface area contributed by atoms with Crippen LogP contribution in [0.15, 0.2) is 45.9 Å².